The molecule has 0 bridgehead atoms. The zero-order chi connectivity index (χ0) is 12.8. The summed E-state index contributed by atoms with van der Waals surface area (Å²) >= 11 is 0. The Hall–Kier alpha value is -1.88. The van der Waals surface area contributed by atoms with Gasteiger partial charge in [0.15, 0.2) is 6.04 Å². The highest BCUT2D eigenvalue weighted by Crippen LogP contribution is 2.19. The SMILES string of the molecule is COCc1ccc(C(C(=O)O)N(C)C=O)cc1. The Morgan fingerprint density at radius 1 is 1.47 bits per heavy atom. The van der Waals surface area contributed by atoms with Crippen molar-refractivity contribution in [3.05, 3.63) is 35.4 Å². The van der Waals surface area contributed by atoms with E-state index in [4.69, 9.17) is 9.84 Å². The molecule has 1 unspecified atom stereocenters. The van der Waals surface area contributed by atoms with Gasteiger partial charge in [-0.3, -0.25) is 4.79 Å². The monoisotopic (exact) mass is 237 g/mol. The van der Waals surface area contributed by atoms with Crippen molar-refractivity contribution in [3.8, 4) is 0 Å². The minimum absolute atomic E-state index is 0.474. The van der Waals surface area contributed by atoms with Gasteiger partial charge in [0.2, 0.25) is 6.41 Å². The van der Waals surface area contributed by atoms with Crippen LogP contribution in [0.2, 0.25) is 0 Å². The molecule has 0 saturated heterocycles. The molecule has 5 heteroatoms. The molecule has 0 aliphatic heterocycles. The Labute approximate surface area is 99.6 Å². The van der Waals surface area contributed by atoms with Gasteiger partial charge in [-0.1, -0.05) is 24.3 Å². The molecule has 0 saturated carbocycles. The summed E-state index contributed by atoms with van der Waals surface area (Å²) in [5.41, 5.74) is 1.51. The summed E-state index contributed by atoms with van der Waals surface area (Å²) in [5.74, 6) is -1.06. The van der Waals surface area contributed by atoms with Gasteiger partial charge in [0.1, 0.15) is 0 Å². The Kier molecular flexibility index (Phi) is 4.66. The van der Waals surface area contributed by atoms with E-state index in [1.165, 1.54) is 7.05 Å². The first-order valence-electron chi connectivity index (χ1n) is 5.08. The van der Waals surface area contributed by atoms with Crippen molar-refractivity contribution in [2.45, 2.75) is 12.6 Å². The van der Waals surface area contributed by atoms with Crippen LogP contribution in [0.15, 0.2) is 24.3 Å². The number of nitrogens with zero attached hydrogens (tertiary/aromatic N) is 1. The van der Waals surface area contributed by atoms with Crippen LogP contribution in [0.4, 0.5) is 0 Å². The Balaban J connectivity index is 2.95. The number of hydrogen-bond acceptors (Lipinski definition) is 3. The lowest BCUT2D eigenvalue weighted by atomic mass is 10.0. The fourth-order valence-electron chi connectivity index (χ4n) is 1.58. The maximum Gasteiger partial charge on any atom is 0.331 e. The maximum atomic E-state index is 11.1. The smallest absolute Gasteiger partial charge is 0.331 e. The second-order valence-corrected chi connectivity index (χ2v) is 3.69. The van der Waals surface area contributed by atoms with Gasteiger partial charge in [-0.05, 0) is 11.1 Å². The third-order valence-corrected chi connectivity index (χ3v) is 2.41. The summed E-state index contributed by atoms with van der Waals surface area (Å²) < 4.78 is 4.96. The van der Waals surface area contributed by atoms with Crippen LogP contribution in [0.3, 0.4) is 0 Å². The van der Waals surface area contributed by atoms with Crippen LogP contribution in [0.5, 0.6) is 0 Å². The number of aliphatic carboxylic acids is 1. The summed E-state index contributed by atoms with van der Waals surface area (Å²) in [5, 5.41) is 9.08. The van der Waals surface area contributed by atoms with E-state index in [0.717, 1.165) is 10.5 Å². The molecule has 1 aromatic carbocycles. The van der Waals surface area contributed by atoms with Crippen LogP contribution < -0.4 is 0 Å². The van der Waals surface area contributed by atoms with Crippen LogP contribution in [-0.4, -0.2) is 36.5 Å². The third-order valence-electron chi connectivity index (χ3n) is 2.41. The average molecular weight is 237 g/mol. The predicted octanol–water partition coefficient (Wildman–Crippen LogP) is 1.05. The molecule has 0 radical (unpaired) electrons. The van der Waals surface area contributed by atoms with Crippen molar-refractivity contribution < 1.29 is 19.4 Å². The van der Waals surface area contributed by atoms with Crippen LogP contribution in [0.25, 0.3) is 0 Å². The van der Waals surface area contributed by atoms with E-state index in [0.29, 0.717) is 18.6 Å². The van der Waals surface area contributed by atoms with E-state index in [9.17, 15) is 9.59 Å². The summed E-state index contributed by atoms with van der Waals surface area (Å²) in [7, 11) is 3.03. The lowest BCUT2D eigenvalue weighted by molar-refractivity contribution is -0.145. The summed E-state index contributed by atoms with van der Waals surface area (Å²) in [6.07, 6.45) is 0.502. The topological polar surface area (TPSA) is 66.8 Å². The zero-order valence-corrected chi connectivity index (χ0v) is 9.79. The minimum Gasteiger partial charge on any atom is -0.479 e. The van der Waals surface area contributed by atoms with Crippen LogP contribution in [0.1, 0.15) is 17.2 Å². The zero-order valence-electron chi connectivity index (χ0n) is 9.79. The number of likely N-dealkylation sites (N-methyl/N-ethyl adjacent to an activating group) is 1. The van der Waals surface area contributed by atoms with E-state index < -0.39 is 12.0 Å². The number of carboxylic acids is 1. The standard InChI is InChI=1S/C12H15NO4/c1-13(8-14)11(12(15)16)10-5-3-9(4-6-10)7-17-2/h3-6,8,11H,7H2,1-2H3,(H,15,16). The molecular weight excluding hydrogens is 222 g/mol. The van der Waals surface area contributed by atoms with Crippen molar-refractivity contribution in [1.29, 1.82) is 0 Å². The number of hydrogen-bond donors (Lipinski definition) is 1. The lowest BCUT2D eigenvalue weighted by Crippen LogP contribution is -2.29. The summed E-state index contributed by atoms with van der Waals surface area (Å²) in [6.45, 7) is 0.474. The number of carbonyl (C=O) groups is 2. The molecule has 0 fully saturated rings. The highest BCUT2D eigenvalue weighted by molar-refractivity contribution is 5.78. The maximum absolute atomic E-state index is 11.1. The highest BCUT2D eigenvalue weighted by Gasteiger charge is 2.23. The summed E-state index contributed by atoms with van der Waals surface area (Å²) in [4.78, 5) is 22.8. The molecule has 0 spiro atoms. The molecule has 5 nitrogen and oxygen atoms in total. The van der Waals surface area contributed by atoms with E-state index in [2.05, 4.69) is 0 Å². The molecule has 0 aliphatic rings. The Bertz CT molecular complexity index is 388. The van der Waals surface area contributed by atoms with Crippen LogP contribution >= 0.6 is 0 Å². The average Bonchev–Trinajstić information content (AvgIpc) is 2.31. The van der Waals surface area contributed by atoms with Crippen LogP contribution in [-0.2, 0) is 20.9 Å². The van der Waals surface area contributed by atoms with Crippen LogP contribution in [0, 0.1) is 0 Å². The number of rotatable bonds is 6. The second kappa shape index (κ2) is 6.00. The van der Waals surface area contributed by atoms with Crippen molar-refractivity contribution in [1.82, 2.24) is 4.90 Å². The molecule has 1 atom stereocenters. The van der Waals surface area contributed by atoms with Gasteiger partial charge < -0.3 is 14.7 Å². The van der Waals surface area contributed by atoms with Gasteiger partial charge in [0.25, 0.3) is 0 Å². The predicted molar refractivity (Wildman–Crippen MR) is 61.4 cm³/mol. The molecule has 1 rings (SSSR count). The Morgan fingerprint density at radius 3 is 2.47 bits per heavy atom. The number of benzene rings is 1. The molecular formula is C12H15NO4. The van der Waals surface area contributed by atoms with E-state index in [1.807, 2.05) is 0 Å². The number of methoxy groups -OCH3 is 1. The van der Waals surface area contributed by atoms with E-state index in [-0.39, 0.29) is 0 Å². The molecule has 1 aromatic rings. The van der Waals surface area contributed by atoms with E-state index in [1.54, 1.807) is 31.4 Å². The molecule has 0 aromatic heterocycles. The minimum atomic E-state index is -1.06. The number of ether oxygens (including phenoxy) is 1. The fraction of sp³-hybridized carbons (Fsp3) is 0.333. The number of carboxylic acid groups (broad SMARTS) is 1. The van der Waals surface area contributed by atoms with E-state index >= 15 is 0 Å². The first-order valence-corrected chi connectivity index (χ1v) is 5.08. The van der Waals surface area contributed by atoms with Gasteiger partial charge in [-0.25, -0.2) is 4.79 Å². The van der Waals surface area contributed by atoms with Gasteiger partial charge in [0.05, 0.1) is 6.61 Å². The molecule has 17 heavy (non-hydrogen) atoms. The van der Waals surface area contributed by atoms with Gasteiger partial charge >= 0.3 is 5.97 Å². The third kappa shape index (κ3) is 3.29. The van der Waals surface area contributed by atoms with Crippen molar-refractivity contribution in [2.75, 3.05) is 14.2 Å². The summed E-state index contributed by atoms with van der Waals surface area (Å²) in [6, 6.07) is 5.99. The van der Waals surface area contributed by atoms with Crippen molar-refractivity contribution in [3.63, 3.8) is 0 Å². The first kappa shape index (κ1) is 13.2. The Morgan fingerprint density at radius 2 is 2.06 bits per heavy atom. The quantitative estimate of drug-likeness (QED) is 0.751. The number of carbonyl (C=O) groups excluding carboxylic acids is 1. The lowest BCUT2D eigenvalue weighted by Gasteiger charge is -2.20. The van der Waals surface area contributed by atoms with Gasteiger partial charge in [-0.2, -0.15) is 0 Å². The normalized spacial score (nSPS) is 11.9. The van der Waals surface area contributed by atoms with Gasteiger partial charge in [0, 0.05) is 14.2 Å². The number of amides is 1. The molecule has 92 valence electrons. The molecule has 0 aliphatic carbocycles. The highest BCUT2D eigenvalue weighted by atomic mass is 16.5. The molecule has 1 amide bonds. The van der Waals surface area contributed by atoms with Crippen molar-refractivity contribution >= 4 is 12.4 Å². The largest absolute Gasteiger partial charge is 0.479 e. The first-order chi connectivity index (χ1) is 8.10. The second-order valence-electron chi connectivity index (χ2n) is 3.69. The molecule has 0 heterocycles. The van der Waals surface area contributed by atoms with Gasteiger partial charge in [-0.15, -0.1) is 0 Å². The fourth-order valence-corrected chi connectivity index (χ4v) is 1.58. The van der Waals surface area contributed by atoms with Crippen molar-refractivity contribution in [2.24, 2.45) is 0 Å². The molecule has 1 N–H and O–H groups in total.